The molecule has 0 aliphatic carbocycles. The van der Waals surface area contributed by atoms with E-state index in [-0.39, 0.29) is 18.4 Å². The number of aryl methyl sites for hydroxylation is 1. The van der Waals surface area contributed by atoms with Gasteiger partial charge in [0.2, 0.25) is 5.91 Å². The molecule has 2 amide bonds. The van der Waals surface area contributed by atoms with Crippen LogP contribution in [0, 0.1) is 11.8 Å². The first kappa shape index (κ1) is 21.0. The van der Waals surface area contributed by atoms with Crippen LogP contribution in [0.2, 0.25) is 10.0 Å². The molecule has 26 heavy (non-hydrogen) atoms. The molecule has 1 aromatic carbocycles. The summed E-state index contributed by atoms with van der Waals surface area (Å²) in [4.78, 5) is 26.0. The van der Waals surface area contributed by atoms with Crippen molar-refractivity contribution in [2.24, 2.45) is 11.8 Å². The maximum absolute atomic E-state index is 12.3. The highest BCUT2D eigenvalue weighted by molar-refractivity contribution is 6.42. The average Bonchev–Trinajstić information content (AvgIpc) is 2.89. The van der Waals surface area contributed by atoms with Crippen LogP contribution in [0.3, 0.4) is 0 Å². The molecule has 0 saturated carbocycles. The van der Waals surface area contributed by atoms with Crippen molar-refractivity contribution in [3.63, 3.8) is 0 Å². The van der Waals surface area contributed by atoms with Crippen molar-refractivity contribution in [3.05, 3.63) is 33.8 Å². The molecule has 0 bridgehead atoms. The number of hydrogen-bond acceptors (Lipinski definition) is 3. The van der Waals surface area contributed by atoms with E-state index in [4.69, 9.17) is 23.2 Å². The molecule has 1 aliphatic heterocycles. The van der Waals surface area contributed by atoms with E-state index in [0.29, 0.717) is 29.1 Å². The van der Waals surface area contributed by atoms with Gasteiger partial charge in [-0.1, -0.05) is 49.5 Å². The largest absolute Gasteiger partial charge is 0.382 e. The molecule has 3 unspecified atom stereocenters. The van der Waals surface area contributed by atoms with Gasteiger partial charge in [0, 0.05) is 19.6 Å². The number of amides is 2. The van der Waals surface area contributed by atoms with Gasteiger partial charge in [0.25, 0.3) is 5.91 Å². The second kappa shape index (κ2) is 9.58. The van der Waals surface area contributed by atoms with Crippen molar-refractivity contribution < 1.29 is 14.7 Å². The van der Waals surface area contributed by atoms with E-state index in [1.54, 1.807) is 11.0 Å². The van der Waals surface area contributed by atoms with E-state index in [1.807, 2.05) is 12.1 Å². The maximum Gasteiger partial charge on any atom is 0.252 e. The zero-order chi connectivity index (χ0) is 19.3. The molecule has 5 nitrogen and oxygen atoms in total. The molecule has 0 aromatic heterocycles. The first-order valence-corrected chi connectivity index (χ1v) is 9.77. The number of rotatable bonds is 8. The molecule has 1 saturated heterocycles. The van der Waals surface area contributed by atoms with Gasteiger partial charge in [0.1, 0.15) is 6.10 Å². The van der Waals surface area contributed by atoms with E-state index in [0.717, 1.165) is 24.8 Å². The van der Waals surface area contributed by atoms with E-state index in [9.17, 15) is 14.7 Å². The van der Waals surface area contributed by atoms with Gasteiger partial charge in [-0.2, -0.15) is 0 Å². The zero-order valence-electron chi connectivity index (χ0n) is 15.2. The highest BCUT2D eigenvalue weighted by atomic mass is 35.5. The Morgan fingerprint density at radius 1 is 1.38 bits per heavy atom. The lowest BCUT2D eigenvalue weighted by Crippen LogP contribution is -2.38. The predicted octanol–water partition coefficient (Wildman–Crippen LogP) is 2.91. The van der Waals surface area contributed by atoms with Crippen LogP contribution in [0.1, 0.15) is 32.3 Å². The number of aliphatic hydroxyl groups excluding tert-OH is 1. The minimum Gasteiger partial charge on any atom is -0.382 e. The van der Waals surface area contributed by atoms with Gasteiger partial charge >= 0.3 is 0 Å². The summed E-state index contributed by atoms with van der Waals surface area (Å²) in [6.45, 7) is 5.44. The second-order valence-electron chi connectivity index (χ2n) is 6.95. The molecular weight excluding hydrogens is 375 g/mol. The topological polar surface area (TPSA) is 69.6 Å². The summed E-state index contributed by atoms with van der Waals surface area (Å²) in [6.07, 6.45) is 1.19. The van der Waals surface area contributed by atoms with Crippen LogP contribution in [-0.4, -0.2) is 47.6 Å². The predicted molar refractivity (Wildman–Crippen MR) is 103 cm³/mol. The van der Waals surface area contributed by atoms with Crippen LogP contribution < -0.4 is 5.32 Å². The van der Waals surface area contributed by atoms with Gasteiger partial charge in [0.15, 0.2) is 0 Å². The molecule has 1 aromatic rings. The van der Waals surface area contributed by atoms with Gasteiger partial charge in [-0.25, -0.2) is 0 Å². The number of likely N-dealkylation sites (tertiary alicyclic amines) is 1. The standard InChI is InChI=1S/C19H26Cl2N2O3/c1-3-12(2)10-23-11-14(17(24)19(23)26)18(25)22-8-4-5-13-6-7-15(20)16(21)9-13/h6-7,9,12,14,17,24H,3-5,8,10-11H2,1-2H3,(H,22,25). The Morgan fingerprint density at radius 2 is 2.12 bits per heavy atom. The number of hydrogen-bond donors (Lipinski definition) is 2. The van der Waals surface area contributed by atoms with Crippen LogP contribution >= 0.6 is 23.2 Å². The normalized spacial score (nSPS) is 21.1. The maximum atomic E-state index is 12.3. The summed E-state index contributed by atoms with van der Waals surface area (Å²) in [5.41, 5.74) is 1.05. The fraction of sp³-hybridized carbons (Fsp3) is 0.579. The minimum absolute atomic E-state index is 0.272. The monoisotopic (exact) mass is 400 g/mol. The Hall–Kier alpha value is -1.30. The summed E-state index contributed by atoms with van der Waals surface area (Å²) in [5, 5.41) is 14.0. The van der Waals surface area contributed by atoms with Crippen molar-refractivity contribution in [2.45, 2.75) is 39.2 Å². The SMILES string of the molecule is CCC(C)CN1CC(C(=O)NCCCc2ccc(Cl)c(Cl)c2)C(O)C1=O. The Kier molecular flexibility index (Phi) is 7.74. The molecule has 2 rings (SSSR count). The molecule has 0 radical (unpaired) electrons. The fourth-order valence-electron chi connectivity index (χ4n) is 3.01. The number of nitrogens with zero attached hydrogens (tertiary/aromatic N) is 1. The van der Waals surface area contributed by atoms with E-state index in [2.05, 4.69) is 19.2 Å². The molecule has 7 heteroatoms. The average molecular weight is 401 g/mol. The lowest BCUT2D eigenvalue weighted by molar-refractivity contribution is -0.138. The van der Waals surface area contributed by atoms with Crippen molar-refractivity contribution in [1.29, 1.82) is 0 Å². The number of carbonyl (C=O) groups is 2. The number of benzene rings is 1. The van der Waals surface area contributed by atoms with Crippen molar-refractivity contribution in [3.8, 4) is 0 Å². The number of halogens is 2. The van der Waals surface area contributed by atoms with Gasteiger partial charge in [-0.3, -0.25) is 9.59 Å². The van der Waals surface area contributed by atoms with Gasteiger partial charge in [-0.05, 0) is 36.5 Å². The quantitative estimate of drug-likeness (QED) is 0.659. The summed E-state index contributed by atoms with van der Waals surface area (Å²) in [5.74, 6) is -0.969. The molecule has 1 aliphatic rings. The third kappa shape index (κ3) is 5.35. The lowest BCUT2D eigenvalue weighted by atomic mass is 10.0. The Bertz CT molecular complexity index is 654. The third-order valence-electron chi connectivity index (χ3n) is 4.85. The minimum atomic E-state index is -1.24. The highest BCUT2D eigenvalue weighted by Crippen LogP contribution is 2.23. The van der Waals surface area contributed by atoms with Crippen molar-refractivity contribution in [1.82, 2.24) is 10.2 Å². The third-order valence-corrected chi connectivity index (χ3v) is 5.59. The summed E-state index contributed by atoms with van der Waals surface area (Å²) >= 11 is 11.9. The summed E-state index contributed by atoms with van der Waals surface area (Å²) in [7, 11) is 0. The number of aliphatic hydroxyl groups is 1. The van der Waals surface area contributed by atoms with Crippen LogP contribution in [0.15, 0.2) is 18.2 Å². The van der Waals surface area contributed by atoms with Crippen molar-refractivity contribution in [2.75, 3.05) is 19.6 Å². The molecule has 3 atom stereocenters. The van der Waals surface area contributed by atoms with Crippen LogP contribution in [0.4, 0.5) is 0 Å². The van der Waals surface area contributed by atoms with Crippen molar-refractivity contribution >= 4 is 35.0 Å². The lowest BCUT2D eigenvalue weighted by Gasteiger charge is -2.19. The first-order valence-electron chi connectivity index (χ1n) is 9.02. The zero-order valence-corrected chi connectivity index (χ0v) is 16.7. The first-order chi connectivity index (χ1) is 12.3. The Balaban J connectivity index is 1.78. The molecule has 1 fully saturated rings. The Morgan fingerprint density at radius 3 is 2.77 bits per heavy atom. The van der Waals surface area contributed by atoms with Crippen LogP contribution in [-0.2, 0) is 16.0 Å². The summed E-state index contributed by atoms with van der Waals surface area (Å²) < 4.78 is 0. The Labute approximate surface area is 164 Å². The molecule has 0 spiro atoms. The molecule has 2 N–H and O–H groups in total. The van der Waals surface area contributed by atoms with Crippen LogP contribution in [0.25, 0.3) is 0 Å². The smallest absolute Gasteiger partial charge is 0.252 e. The van der Waals surface area contributed by atoms with Crippen LogP contribution in [0.5, 0.6) is 0 Å². The van der Waals surface area contributed by atoms with Gasteiger partial charge in [0.05, 0.1) is 16.0 Å². The van der Waals surface area contributed by atoms with Gasteiger partial charge < -0.3 is 15.3 Å². The summed E-state index contributed by atoms with van der Waals surface area (Å²) in [6, 6.07) is 5.48. The highest BCUT2D eigenvalue weighted by Gasteiger charge is 2.43. The number of carbonyl (C=O) groups excluding carboxylic acids is 2. The molecular formula is C19H26Cl2N2O3. The fourth-order valence-corrected chi connectivity index (χ4v) is 3.33. The molecule has 1 heterocycles. The number of nitrogens with one attached hydrogen (secondary N) is 1. The molecule has 144 valence electrons. The van der Waals surface area contributed by atoms with Gasteiger partial charge in [-0.15, -0.1) is 0 Å². The van der Waals surface area contributed by atoms with E-state index >= 15 is 0 Å². The second-order valence-corrected chi connectivity index (χ2v) is 7.77. The van der Waals surface area contributed by atoms with E-state index in [1.165, 1.54) is 0 Å². The van der Waals surface area contributed by atoms with E-state index < -0.39 is 12.0 Å².